The number of thioether (sulfide) groups is 1. The number of carbonyl (C=O) groups is 3. The molecule has 23 heavy (non-hydrogen) atoms. The molecule has 2 rings (SSSR count). The van der Waals surface area contributed by atoms with E-state index in [0.717, 1.165) is 11.3 Å². The molecule has 2 aliphatic rings. The van der Waals surface area contributed by atoms with Crippen LogP contribution in [0.5, 0.6) is 0 Å². The fourth-order valence-corrected chi connectivity index (χ4v) is 3.16. The maximum atomic E-state index is 12.2. The van der Waals surface area contributed by atoms with Crippen LogP contribution in [0.15, 0.2) is 16.5 Å². The van der Waals surface area contributed by atoms with Gasteiger partial charge in [0.25, 0.3) is 0 Å². The van der Waals surface area contributed by atoms with Gasteiger partial charge in [-0.1, -0.05) is 0 Å². The highest BCUT2D eigenvalue weighted by molar-refractivity contribution is 8.04. The summed E-state index contributed by atoms with van der Waals surface area (Å²) in [6, 6.07) is -0.537. The molecule has 1 N–H and O–H groups in total. The lowest BCUT2D eigenvalue weighted by atomic mass is 10.2. The van der Waals surface area contributed by atoms with Crippen molar-refractivity contribution in [3.05, 3.63) is 11.5 Å². The van der Waals surface area contributed by atoms with E-state index >= 15 is 0 Å². The van der Waals surface area contributed by atoms with Crippen molar-refractivity contribution >= 4 is 35.3 Å². The number of allylic oxidation sites excluding steroid dienone is 1. The van der Waals surface area contributed by atoms with Gasteiger partial charge < -0.3 is 10.1 Å². The summed E-state index contributed by atoms with van der Waals surface area (Å²) >= 11 is 1.35. The van der Waals surface area contributed by atoms with E-state index in [0.29, 0.717) is 31.9 Å². The van der Waals surface area contributed by atoms with E-state index in [1.54, 1.807) is 11.5 Å². The molecule has 0 aromatic heterocycles. The lowest BCUT2D eigenvalue weighted by Gasteiger charge is -2.25. The Labute approximate surface area is 139 Å². The normalized spacial score (nSPS) is 19.8. The van der Waals surface area contributed by atoms with Gasteiger partial charge >= 0.3 is 6.03 Å². The van der Waals surface area contributed by atoms with Gasteiger partial charge in [-0.15, -0.1) is 11.8 Å². The molecule has 4 amide bonds. The average Bonchev–Trinajstić information content (AvgIpc) is 2.98. The number of rotatable bonds is 9. The van der Waals surface area contributed by atoms with Gasteiger partial charge in [0, 0.05) is 32.7 Å². The zero-order chi connectivity index (χ0) is 16.7. The Morgan fingerprint density at radius 3 is 3.04 bits per heavy atom. The van der Waals surface area contributed by atoms with E-state index in [4.69, 9.17) is 4.74 Å². The highest BCUT2D eigenvalue weighted by Gasteiger charge is 2.38. The van der Waals surface area contributed by atoms with Gasteiger partial charge in [-0.25, -0.2) is 4.79 Å². The molecule has 8 heteroatoms. The van der Waals surface area contributed by atoms with Gasteiger partial charge in [0.2, 0.25) is 11.8 Å². The number of nitrogens with one attached hydrogen (secondary N) is 1. The average molecular weight is 339 g/mol. The van der Waals surface area contributed by atoms with E-state index < -0.39 is 11.3 Å². The minimum Gasteiger partial charge on any atom is -0.382 e. The molecule has 0 saturated carbocycles. The minimum absolute atomic E-state index is 0.0838. The number of nitrogens with zero attached hydrogens (tertiary/aromatic N) is 2. The number of ether oxygens (including phenoxy) is 1. The summed E-state index contributed by atoms with van der Waals surface area (Å²) in [6.45, 7) is 4.01. The summed E-state index contributed by atoms with van der Waals surface area (Å²) in [5.74, 6) is -0.327. The smallest absolute Gasteiger partial charge is 0.350 e. The molecule has 2 heterocycles. The van der Waals surface area contributed by atoms with Crippen LogP contribution in [0.4, 0.5) is 4.79 Å². The van der Waals surface area contributed by atoms with Crippen LogP contribution < -0.4 is 5.32 Å². The molecule has 0 aromatic rings. The van der Waals surface area contributed by atoms with Crippen LogP contribution in [0, 0.1) is 0 Å². The van der Waals surface area contributed by atoms with E-state index in [2.05, 4.69) is 10.3 Å². The van der Waals surface area contributed by atoms with Crippen LogP contribution in [0.2, 0.25) is 0 Å². The number of fused-ring (bicyclic) bond motifs is 1. The molecule has 1 atom stereocenters. The van der Waals surface area contributed by atoms with Crippen LogP contribution in [-0.4, -0.2) is 60.0 Å². The first-order valence-electron chi connectivity index (χ1n) is 7.74. The quantitative estimate of drug-likeness (QED) is 0.641. The van der Waals surface area contributed by atoms with Crippen LogP contribution in [0.25, 0.3) is 0 Å². The third-order valence-electron chi connectivity index (χ3n) is 3.45. The van der Waals surface area contributed by atoms with E-state index in [9.17, 15) is 14.4 Å². The standard InChI is InChI=1S/C15H21N3O4S/c1-2-22-9-4-7-16-12(19)5-3-8-18-14(20)13-11(6-10-23-13)17-15(18)21/h6,10,13H,2-5,7-9H2,1H3,(H,16,19). The molecule has 0 aliphatic carbocycles. The highest BCUT2D eigenvalue weighted by Crippen LogP contribution is 2.27. The van der Waals surface area contributed by atoms with Crippen LogP contribution >= 0.6 is 11.8 Å². The summed E-state index contributed by atoms with van der Waals surface area (Å²) in [5.41, 5.74) is 0.522. The fraction of sp³-hybridized carbons (Fsp3) is 0.600. The second-order valence-corrected chi connectivity index (χ2v) is 6.15. The molecule has 126 valence electrons. The Bertz CT molecular complexity index is 533. The monoisotopic (exact) mass is 339 g/mol. The SMILES string of the molecule is CCOCCCNC(=O)CCCN1C(=O)N=C2C=CSC2C1=O. The van der Waals surface area contributed by atoms with Crippen molar-refractivity contribution in [1.29, 1.82) is 0 Å². The topological polar surface area (TPSA) is 88.1 Å². The molecular weight excluding hydrogens is 318 g/mol. The molecule has 7 nitrogen and oxygen atoms in total. The zero-order valence-corrected chi connectivity index (χ0v) is 13.9. The van der Waals surface area contributed by atoms with Crippen molar-refractivity contribution in [2.45, 2.75) is 31.4 Å². The number of carbonyl (C=O) groups excluding carboxylic acids is 3. The molecule has 0 saturated heterocycles. The molecule has 0 radical (unpaired) electrons. The summed E-state index contributed by atoms with van der Waals surface area (Å²) in [5, 5.41) is 4.16. The molecule has 0 spiro atoms. The molecule has 0 bridgehead atoms. The van der Waals surface area contributed by atoms with E-state index in [1.165, 1.54) is 11.8 Å². The first-order chi connectivity index (χ1) is 11.1. The maximum absolute atomic E-state index is 12.2. The summed E-state index contributed by atoms with van der Waals surface area (Å²) in [6.07, 6.45) is 3.17. The highest BCUT2D eigenvalue weighted by atomic mass is 32.2. The van der Waals surface area contributed by atoms with Gasteiger partial charge in [0.15, 0.2) is 0 Å². The van der Waals surface area contributed by atoms with Crippen molar-refractivity contribution < 1.29 is 19.1 Å². The zero-order valence-electron chi connectivity index (χ0n) is 13.1. The predicted octanol–water partition coefficient (Wildman–Crippen LogP) is 1.34. The Kier molecular flexibility index (Phi) is 6.79. The van der Waals surface area contributed by atoms with E-state index in [-0.39, 0.29) is 24.8 Å². The first kappa shape index (κ1) is 17.7. The number of hydrogen-bond donors (Lipinski definition) is 1. The Hall–Kier alpha value is -1.67. The number of hydrogen-bond acceptors (Lipinski definition) is 5. The molecule has 2 aliphatic heterocycles. The van der Waals surface area contributed by atoms with Crippen molar-refractivity contribution in [1.82, 2.24) is 10.2 Å². The van der Waals surface area contributed by atoms with Crippen LogP contribution in [0.1, 0.15) is 26.2 Å². The molecule has 1 unspecified atom stereocenters. The van der Waals surface area contributed by atoms with Crippen LogP contribution in [-0.2, 0) is 14.3 Å². The van der Waals surface area contributed by atoms with Crippen molar-refractivity contribution in [3.63, 3.8) is 0 Å². The largest absolute Gasteiger partial charge is 0.382 e. The van der Waals surface area contributed by atoms with Gasteiger partial charge in [-0.3, -0.25) is 14.5 Å². The Balaban J connectivity index is 1.67. The third kappa shape index (κ3) is 4.90. The molecule has 0 aromatic carbocycles. The van der Waals surface area contributed by atoms with Gasteiger partial charge in [-0.05, 0) is 31.2 Å². The maximum Gasteiger partial charge on any atom is 0.350 e. The fourth-order valence-electron chi connectivity index (χ4n) is 2.27. The molecule has 0 fully saturated rings. The van der Waals surface area contributed by atoms with Gasteiger partial charge in [-0.2, -0.15) is 4.99 Å². The Morgan fingerprint density at radius 2 is 2.26 bits per heavy atom. The number of aliphatic imine (C=N–C) groups is 1. The number of amides is 4. The minimum atomic E-state index is -0.537. The second-order valence-electron chi connectivity index (χ2n) is 5.13. The number of imide groups is 1. The second kappa shape index (κ2) is 8.83. The first-order valence-corrected chi connectivity index (χ1v) is 8.68. The van der Waals surface area contributed by atoms with Gasteiger partial charge in [0.05, 0.1) is 5.71 Å². The van der Waals surface area contributed by atoms with Crippen LogP contribution in [0.3, 0.4) is 0 Å². The summed E-state index contributed by atoms with van der Waals surface area (Å²) in [4.78, 5) is 40.8. The summed E-state index contributed by atoms with van der Waals surface area (Å²) < 4.78 is 5.18. The Morgan fingerprint density at radius 1 is 1.43 bits per heavy atom. The van der Waals surface area contributed by atoms with Crippen molar-refractivity contribution in [3.8, 4) is 0 Å². The lowest BCUT2D eigenvalue weighted by molar-refractivity contribution is -0.127. The lowest BCUT2D eigenvalue weighted by Crippen LogP contribution is -2.47. The predicted molar refractivity (Wildman–Crippen MR) is 88.4 cm³/mol. The van der Waals surface area contributed by atoms with Crippen molar-refractivity contribution in [2.24, 2.45) is 4.99 Å². The van der Waals surface area contributed by atoms with Crippen molar-refractivity contribution in [2.75, 3.05) is 26.3 Å². The van der Waals surface area contributed by atoms with Gasteiger partial charge in [0.1, 0.15) is 5.25 Å². The number of urea groups is 1. The van der Waals surface area contributed by atoms with E-state index in [1.807, 2.05) is 6.92 Å². The third-order valence-corrected chi connectivity index (χ3v) is 4.45. The summed E-state index contributed by atoms with van der Waals surface area (Å²) in [7, 11) is 0. The molecular formula is C15H21N3O4S.